The monoisotopic (exact) mass is 290 g/mol. The Morgan fingerprint density at radius 3 is 2.33 bits per heavy atom. The zero-order valence-corrected chi connectivity index (χ0v) is 13.6. The fraction of sp³-hybridized carbons (Fsp3) is 0.611. The number of hydrogen-bond acceptors (Lipinski definition) is 3. The van der Waals surface area contributed by atoms with E-state index in [-0.39, 0.29) is 5.97 Å². The van der Waals surface area contributed by atoms with Gasteiger partial charge in [-0.15, -0.1) is 0 Å². The zero-order valence-electron chi connectivity index (χ0n) is 13.6. The van der Waals surface area contributed by atoms with Crippen molar-refractivity contribution >= 4 is 5.97 Å². The molecule has 0 bridgehead atoms. The average Bonchev–Trinajstić information content (AvgIpc) is 3.08. The number of aryl methyl sites for hydroxylation is 1. The molecule has 1 heterocycles. The second-order valence-electron chi connectivity index (χ2n) is 5.88. The first-order chi connectivity index (χ1) is 10.0. The number of benzene rings is 1. The number of carbonyl (C=O) groups is 1. The summed E-state index contributed by atoms with van der Waals surface area (Å²) in [5.41, 5.74) is 1.02. The van der Waals surface area contributed by atoms with Crippen LogP contribution in [0.1, 0.15) is 58.1 Å². The van der Waals surface area contributed by atoms with Crippen molar-refractivity contribution in [2.24, 2.45) is 0 Å². The summed E-state index contributed by atoms with van der Waals surface area (Å²) in [5.74, 6) is -0.230. The van der Waals surface area contributed by atoms with E-state index in [1.165, 1.54) is 5.56 Å². The van der Waals surface area contributed by atoms with Crippen LogP contribution in [0.2, 0.25) is 0 Å². The predicted molar refractivity (Wildman–Crippen MR) is 83.1 cm³/mol. The van der Waals surface area contributed by atoms with Crippen molar-refractivity contribution < 1.29 is 14.3 Å². The second kappa shape index (κ2) is 6.18. The minimum absolute atomic E-state index is 0.230. The second-order valence-corrected chi connectivity index (χ2v) is 5.88. The number of hydrogen-bond donors (Lipinski definition) is 0. The van der Waals surface area contributed by atoms with Crippen molar-refractivity contribution in [3.05, 3.63) is 35.4 Å². The van der Waals surface area contributed by atoms with Gasteiger partial charge < -0.3 is 9.47 Å². The van der Waals surface area contributed by atoms with Crippen molar-refractivity contribution in [2.75, 3.05) is 6.61 Å². The topological polar surface area (TPSA) is 38.8 Å². The first kappa shape index (κ1) is 16.0. The maximum atomic E-state index is 12.3. The predicted octanol–water partition coefficient (Wildman–Crippen LogP) is 3.99. The molecule has 3 nitrogen and oxygen atoms in total. The molecule has 2 atom stereocenters. The van der Waals surface area contributed by atoms with Gasteiger partial charge in [-0.25, -0.2) is 4.79 Å². The smallest absolute Gasteiger partial charge is 0.341 e. The summed E-state index contributed by atoms with van der Waals surface area (Å²) in [6.45, 7) is 8.45. The van der Waals surface area contributed by atoms with Crippen molar-refractivity contribution in [2.45, 2.75) is 64.6 Å². The first-order valence-corrected chi connectivity index (χ1v) is 8.00. The van der Waals surface area contributed by atoms with Gasteiger partial charge in [0.1, 0.15) is 5.60 Å². The molecule has 2 rings (SSSR count). The van der Waals surface area contributed by atoms with Gasteiger partial charge >= 0.3 is 5.97 Å². The van der Waals surface area contributed by atoms with Crippen LogP contribution < -0.4 is 0 Å². The summed E-state index contributed by atoms with van der Waals surface area (Å²) in [4.78, 5) is 12.3. The van der Waals surface area contributed by atoms with Gasteiger partial charge in [0.15, 0.2) is 5.60 Å². The van der Waals surface area contributed by atoms with Crippen LogP contribution in [0.4, 0.5) is 0 Å². The fourth-order valence-electron chi connectivity index (χ4n) is 3.12. The Labute approximate surface area is 127 Å². The summed E-state index contributed by atoms with van der Waals surface area (Å²) in [7, 11) is 0. The van der Waals surface area contributed by atoms with Crippen LogP contribution in [0.5, 0.6) is 0 Å². The van der Waals surface area contributed by atoms with Gasteiger partial charge in [-0.05, 0) is 37.8 Å². The van der Waals surface area contributed by atoms with Crippen LogP contribution in [0, 0.1) is 0 Å². The molecule has 0 spiro atoms. The first-order valence-electron chi connectivity index (χ1n) is 8.00. The molecule has 1 fully saturated rings. The van der Waals surface area contributed by atoms with Crippen LogP contribution in [0.3, 0.4) is 0 Å². The lowest BCUT2D eigenvalue weighted by Gasteiger charge is -2.16. The van der Waals surface area contributed by atoms with Crippen molar-refractivity contribution in [1.82, 2.24) is 0 Å². The van der Waals surface area contributed by atoms with Crippen LogP contribution in [0.15, 0.2) is 24.3 Å². The summed E-state index contributed by atoms with van der Waals surface area (Å²) < 4.78 is 11.2. The molecule has 0 N–H and O–H groups in total. The maximum absolute atomic E-state index is 12.3. The molecule has 1 aliphatic rings. The normalized spacial score (nSPS) is 27.4. The van der Waals surface area contributed by atoms with E-state index < -0.39 is 11.2 Å². The molecule has 1 aromatic rings. The molecule has 0 saturated carbocycles. The number of carbonyl (C=O) groups excluding carboxylic acids is 1. The van der Waals surface area contributed by atoms with E-state index in [9.17, 15) is 4.79 Å². The van der Waals surface area contributed by atoms with E-state index in [0.29, 0.717) is 13.0 Å². The SMILES string of the molecule is CCCc1ccc(C2(C)OC2(CCC)C(=O)OCC)cc1. The highest BCUT2D eigenvalue weighted by Crippen LogP contribution is 2.58. The van der Waals surface area contributed by atoms with E-state index in [4.69, 9.17) is 9.47 Å². The largest absolute Gasteiger partial charge is 0.464 e. The van der Waals surface area contributed by atoms with E-state index in [2.05, 4.69) is 38.1 Å². The Bertz CT molecular complexity index is 494. The van der Waals surface area contributed by atoms with Crippen LogP contribution in [-0.2, 0) is 26.3 Å². The Hall–Kier alpha value is -1.35. The van der Waals surface area contributed by atoms with E-state index in [1.807, 2.05) is 13.8 Å². The molecule has 0 radical (unpaired) electrons. The van der Waals surface area contributed by atoms with Gasteiger partial charge in [0.05, 0.1) is 6.61 Å². The molecule has 1 saturated heterocycles. The van der Waals surface area contributed by atoms with Gasteiger partial charge in [0, 0.05) is 0 Å². The van der Waals surface area contributed by atoms with Gasteiger partial charge in [0.2, 0.25) is 0 Å². The van der Waals surface area contributed by atoms with Crippen molar-refractivity contribution in [3.63, 3.8) is 0 Å². The van der Waals surface area contributed by atoms with E-state index in [1.54, 1.807) is 0 Å². The molecule has 3 heteroatoms. The Morgan fingerprint density at radius 2 is 1.81 bits per heavy atom. The summed E-state index contributed by atoms with van der Waals surface area (Å²) in [6.07, 6.45) is 3.80. The molecule has 21 heavy (non-hydrogen) atoms. The van der Waals surface area contributed by atoms with Gasteiger partial charge in [-0.2, -0.15) is 0 Å². The minimum atomic E-state index is -0.802. The average molecular weight is 290 g/mol. The molecule has 1 aliphatic heterocycles. The molecule has 116 valence electrons. The number of esters is 1. The highest BCUT2D eigenvalue weighted by atomic mass is 16.7. The lowest BCUT2D eigenvalue weighted by atomic mass is 9.84. The molecular weight excluding hydrogens is 264 g/mol. The van der Waals surface area contributed by atoms with Gasteiger partial charge in [-0.3, -0.25) is 0 Å². The van der Waals surface area contributed by atoms with Crippen LogP contribution in [0.25, 0.3) is 0 Å². The zero-order chi connectivity index (χ0) is 15.5. The maximum Gasteiger partial charge on any atom is 0.341 e. The molecule has 1 aromatic carbocycles. The van der Waals surface area contributed by atoms with Crippen molar-refractivity contribution in [1.29, 1.82) is 0 Å². The molecule has 2 unspecified atom stereocenters. The Kier molecular flexibility index (Phi) is 4.72. The molecular formula is C18H26O3. The summed E-state index contributed by atoms with van der Waals surface area (Å²) in [5, 5.41) is 0. The van der Waals surface area contributed by atoms with Gasteiger partial charge in [-0.1, -0.05) is 51.0 Å². The third-order valence-electron chi connectivity index (χ3n) is 4.36. The number of rotatable bonds is 7. The number of epoxide rings is 1. The molecule has 0 aliphatic carbocycles. The highest BCUT2D eigenvalue weighted by molar-refractivity contribution is 5.85. The Morgan fingerprint density at radius 1 is 1.14 bits per heavy atom. The highest BCUT2D eigenvalue weighted by Gasteiger charge is 2.73. The van der Waals surface area contributed by atoms with Gasteiger partial charge in [0.25, 0.3) is 0 Å². The van der Waals surface area contributed by atoms with Crippen LogP contribution >= 0.6 is 0 Å². The van der Waals surface area contributed by atoms with E-state index in [0.717, 1.165) is 24.8 Å². The third-order valence-corrected chi connectivity index (χ3v) is 4.36. The third kappa shape index (κ3) is 2.71. The van der Waals surface area contributed by atoms with E-state index >= 15 is 0 Å². The fourth-order valence-corrected chi connectivity index (χ4v) is 3.12. The number of ether oxygens (including phenoxy) is 2. The van der Waals surface area contributed by atoms with Crippen LogP contribution in [-0.4, -0.2) is 18.2 Å². The molecule has 0 amide bonds. The summed E-state index contributed by atoms with van der Waals surface area (Å²) in [6, 6.07) is 8.44. The lowest BCUT2D eigenvalue weighted by Crippen LogP contribution is -2.33. The standard InChI is InChI=1S/C18H26O3/c1-5-8-14-9-11-15(12-10-14)17(4)18(21-17,13-6-2)16(19)20-7-3/h9-12H,5-8,13H2,1-4H3. The minimum Gasteiger partial charge on any atom is -0.464 e. The van der Waals surface area contributed by atoms with Crippen molar-refractivity contribution in [3.8, 4) is 0 Å². The quantitative estimate of drug-likeness (QED) is 0.563. The summed E-state index contributed by atoms with van der Waals surface area (Å²) >= 11 is 0. The lowest BCUT2D eigenvalue weighted by molar-refractivity contribution is -0.149. The Balaban J connectivity index is 2.23. The molecule has 0 aromatic heterocycles.